The van der Waals surface area contributed by atoms with Crippen molar-refractivity contribution in [3.63, 3.8) is 0 Å². The van der Waals surface area contributed by atoms with E-state index in [9.17, 15) is 38.2 Å². The van der Waals surface area contributed by atoms with Gasteiger partial charge in [0.25, 0.3) is 26.1 Å². The van der Waals surface area contributed by atoms with Crippen LogP contribution in [0.3, 0.4) is 0 Å². The summed E-state index contributed by atoms with van der Waals surface area (Å²) in [6.07, 6.45) is 7.07. The third kappa shape index (κ3) is 21.0. The smallest absolute Gasteiger partial charge is 0.493 e. The Hall–Kier alpha value is -7.31. The molecule has 366 valence electrons. The number of aliphatic imine (C=N–C) groups is 2. The summed E-state index contributed by atoms with van der Waals surface area (Å²) in [7, 11) is -3.00. The molecule has 0 spiro atoms. The first-order valence-corrected chi connectivity index (χ1v) is 22.4. The summed E-state index contributed by atoms with van der Waals surface area (Å²) in [6, 6.07) is 12.4. The molecule has 0 bridgehead atoms. The van der Waals surface area contributed by atoms with Crippen molar-refractivity contribution in [1.82, 2.24) is 9.97 Å². The molecular weight excluding hydrogens is 907 g/mol. The van der Waals surface area contributed by atoms with Gasteiger partial charge in [-0.2, -0.15) is 4.98 Å². The van der Waals surface area contributed by atoms with Crippen LogP contribution >= 0.6 is 0 Å². The quantitative estimate of drug-likeness (QED) is 0.0205. The summed E-state index contributed by atoms with van der Waals surface area (Å²) in [4.78, 5) is 70.1. The predicted octanol–water partition coefficient (Wildman–Crippen LogP) is 7.36. The molecule has 0 aliphatic carbocycles. The minimum Gasteiger partial charge on any atom is -0.493 e. The van der Waals surface area contributed by atoms with Gasteiger partial charge in [0.05, 0.1) is 45.0 Å². The number of methoxy groups -OCH3 is 1. The van der Waals surface area contributed by atoms with E-state index in [1.807, 2.05) is 0 Å². The van der Waals surface area contributed by atoms with E-state index in [-0.39, 0.29) is 92.5 Å². The highest BCUT2D eigenvalue weighted by atomic mass is 32.2. The third-order valence-electron chi connectivity index (χ3n) is 8.96. The van der Waals surface area contributed by atoms with E-state index in [1.54, 1.807) is 50.2 Å². The van der Waals surface area contributed by atoms with Crippen LogP contribution in [0.25, 0.3) is 0 Å². The lowest BCUT2D eigenvalue weighted by Gasteiger charge is -2.25. The zero-order chi connectivity index (χ0) is 48.9. The molecule has 0 fully saturated rings. The van der Waals surface area contributed by atoms with Gasteiger partial charge < -0.3 is 42.8 Å². The summed E-state index contributed by atoms with van der Waals surface area (Å²) in [5.74, 6) is -0.437. The second-order valence-electron chi connectivity index (χ2n) is 14.5. The van der Waals surface area contributed by atoms with Crippen LogP contribution in [-0.4, -0.2) is 107 Å². The Balaban J connectivity index is 1.77. The molecule has 0 amide bonds. The number of carbonyl (C=O) groups is 2. The van der Waals surface area contributed by atoms with Crippen LogP contribution < -0.4 is 18.9 Å². The van der Waals surface area contributed by atoms with E-state index in [0.717, 1.165) is 0 Å². The van der Waals surface area contributed by atoms with Crippen molar-refractivity contribution in [3.05, 3.63) is 92.4 Å². The molecule has 0 aliphatic heterocycles. The molecule has 3 rings (SSSR count). The van der Waals surface area contributed by atoms with Crippen molar-refractivity contribution in [3.8, 4) is 23.1 Å². The molecule has 0 saturated carbocycles. The Bertz CT molecular complexity index is 2230. The van der Waals surface area contributed by atoms with Gasteiger partial charge in [-0.1, -0.05) is 51.0 Å². The fraction of sp³-hybridized carbons (Fsp3) is 0.476. The van der Waals surface area contributed by atoms with Crippen LogP contribution in [0.2, 0.25) is 0 Å². The summed E-state index contributed by atoms with van der Waals surface area (Å²) in [5, 5.41) is 18.8. The van der Waals surface area contributed by atoms with E-state index in [1.165, 1.54) is 37.7 Å². The number of unbranched alkanes of at least 4 members (excludes halogenated alkanes) is 6. The van der Waals surface area contributed by atoms with E-state index in [0.29, 0.717) is 56.9 Å². The highest BCUT2D eigenvalue weighted by molar-refractivity contribution is 7.92. The number of hydrogen-bond acceptors (Lipinski definition) is 21. The third-order valence-corrected chi connectivity index (χ3v) is 10.3. The molecule has 25 heteroatoms. The fourth-order valence-electron chi connectivity index (χ4n) is 5.56. The lowest BCUT2D eigenvalue weighted by atomic mass is 9.86. The zero-order valence-corrected chi connectivity index (χ0v) is 38.2. The number of nitrogens with one attached hydrogen (secondary N) is 1. The molecule has 1 N–H and O–H groups in total. The first-order chi connectivity index (χ1) is 32.1. The Morgan fingerprint density at radius 3 is 1.93 bits per heavy atom. The van der Waals surface area contributed by atoms with Crippen LogP contribution in [0.15, 0.2) is 75.7 Å². The van der Waals surface area contributed by atoms with Gasteiger partial charge in [0, 0.05) is 17.8 Å². The summed E-state index contributed by atoms with van der Waals surface area (Å²) in [5.41, 5.74) is -0.133. The van der Waals surface area contributed by atoms with Gasteiger partial charge in [-0.05, 0) is 81.1 Å². The van der Waals surface area contributed by atoms with Crippen molar-refractivity contribution in [2.45, 2.75) is 82.1 Å². The Labute approximate surface area is 386 Å². The van der Waals surface area contributed by atoms with E-state index in [4.69, 9.17) is 33.2 Å². The minimum absolute atomic E-state index is 0.000243. The Kier molecular flexibility index (Phi) is 23.6. The van der Waals surface area contributed by atoms with Gasteiger partial charge in [-0.3, -0.25) is 14.7 Å². The van der Waals surface area contributed by atoms with Crippen molar-refractivity contribution in [2.75, 3.05) is 58.1 Å². The summed E-state index contributed by atoms with van der Waals surface area (Å²) in [6.45, 7) is 6.24. The standard InChI is InChI=1S/C42H55N7O17S/c1-42(2,31-63-41(51)61-25-12-6-8-14-27-65-49(54)55)32-18-20-33(21-19-32)67(56,57)47-38-37(66-35-17-10-9-16-34(35)58-4)39(46-36(45-38)30-44-23-15-22-43-3)59-28-29-62-40(50)60-24-11-5-7-13-26-64-48(52)53/h9-10,15-23H,3,5-8,11-14,24-31H2,1-2,4H3,(H,45,46,47)/b22-15-,44-23?. The van der Waals surface area contributed by atoms with Crippen LogP contribution in [0.5, 0.6) is 23.1 Å². The molecule has 0 unspecified atom stereocenters. The molecule has 24 nitrogen and oxygen atoms in total. The van der Waals surface area contributed by atoms with E-state index < -0.39 is 37.9 Å². The molecule has 0 aliphatic rings. The molecule has 0 saturated heterocycles. The number of allylic oxidation sites excluding steroid dienone is 1. The number of benzene rings is 2. The van der Waals surface area contributed by atoms with E-state index >= 15 is 0 Å². The van der Waals surface area contributed by atoms with Crippen molar-refractivity contribution in [1.29, 1.82) is 0 Å². The maximum atomic E-state index is 14.1. The first-order valence-electron chi connectivity index (χ1n) is 20.9. The van der Waals surface area contributed by atoms with Gasteiger partial charge in [0.15, 0.2) is 23.1 Å². The largest absolute Gasteiger partial charge is 0.508 e. The van der Waals surface area contributed by atoms with Crippen LogP contribution in [0.4, 0.5) is 15.4 Å². The van der Waals surface area contributed by atoms with E-state index in [2.05, 4.69) is 41.1 Å². The van der Waals surface area contributed by atoms with Crippen molar-refractivity contribution < 1.29 is 71.0 Å². The zero-order valence-electron chi connectivity index (χ0n) is 37.4. The average Bonchev–Trinajstić information content (AvgIpc) is 3.29. The number of carbonyl (C=O) groups excluding carboxylic acids is 2. The van der Waals surface area contributed by atoms with Gasteiger partial charge in [-0.15, -0.1) is 20.2 Å². The first kappa shape index (κ1) is 54.0. The Morgan fingerprint density at radius 1 is 0.776 bits per heavy atom. The second kappa shape index (κ2) is 29.3. The molecular formula is C42H55N7O17S. The normalized spacial score (nSPS) is 11.4. The maximum Gasteiger partial charge on any atom is 0.508 e. The number of aromatic nitrogens is 2. The SMILES string of the molecule is C=N/C=C\C=NCc1nc(NS(=O)(=O)c2ccc(C(C)(C)COC(=O)OCCCCCCO[N+](=O)[O-])cc2)c(Oc2ccccc2OC)c(OCCOC(=O)OCCCCCCO[N+](=O)[O-])n1. The van der Waals surface area contributed by atoms with Crippen LogP contribution in [-0.2, 0) is 50.6 Å². The van der Waals surface area contributed by atoms with Gasteiger partial charge in [0.1, 0.15) is 19.8 Å². The second-order valence-corrected chi connectivity index (χ2v) is 16.2. The molecule has 67 heavy (non-hydrogen) atoms. The van der Waals surface area contributed by atoms with Gasteiger partial charge in [-0.25, -0.2) is 23.0 Å². The monoisotopic (exact) mass is 961 g/mol. The Morgan fingerprint density at radius 2 is 1.34 bits per heavy atom. The fourth-order valence-corrected chi connectivity index (χ4v) is 6.56. The summed E-state index contributed by atoms with van der Waals surface area (Å²) < 4.78 is 68.8. The van der Waals surface area contributed by atoms with Gasteiger partial charge in [0.2, 0.25) is 5.75 Å². The maximum absolute atomic E-state index is 14.1. The number of para-hydroxylation sites is 2. The predicted molar refractivity (Wildman–Crippen MR) is 239 cm³/mol. The molecule has 2 aromatic carbocycles. The highest BCUT2D eigenvalue weighted by Gasteiger charge is 2.27. The molecule has 1 heterocycles. The number of nitrogens with zero attached hydrogens (tertiary/aromatic N) is 6. The van der Waals surface area contributed by atoms with Gasteiger partial charge >= 0.3 is 12.3 Å². The van der Waals surface area contributed by atoms with Crippen molar-refractivity contribution >= 4 is 41.1 Å². The number of rotatable bonds is 33. The number of anilines is 1. The lowest BCUT2D eigenvalue weighted by molar-refractivity contribution is -0.757. The number of ether oxygens (including phenoxy) is 7. The molecule has 0 atom stereocenters. The molecule has 0 radical (unpaired) electrons. The topological polar surface area (TPSA) is 300 Å². The minimum atomic E-state index is -4.42. The number of sulfonamides is 1. The molecule has 3 aromatic rings. The van der Waals surface area contributed by atoms with Crippen molar-refractivity contribution in [2.24, 2.45) is 9.98 Å². The highest BCUT2D eigenvalue weighted by Crippen LogP contribution is 2.40. The molecule has 1 aromatic heterocycles. The van der Waals surface area contributed by atoms with Crippen LogP contribution in [0, 0.1) is 20.2 Å². The average molecular weight is 962 g/mol. The lowest BCUT2D eigenvalue weighted by Crippen LogP contribution is -2.27. The number of hydrogen-bond donors (Lipinski definition) is 1. The van der Waals surface area contributed by atoms with Crippen LogP contribution in [0.1, 0.15) is 76.6 Å². The summed E-state index contributed by atoms with van der Waals surface area (Å²) >= 11 is 0.